The topological polar surface area (TPSA) is 18.5 Å². The van der Waals surface area contributed by atoms with Crippen LogP contribution in [0.3, 0.4) is 0 Å². The zero-order valence-corrected chi connectivity index (χ0v) is 14.5. The van der Waals surface area contributed by atoms with Crippen LogP contribution in [0.25, 0.3) is 0 Å². The van der Waals surface area contributed by atoms with E-state index in [-0.39, 0.29) is 6.10 Å². The molecule has 0 N–H and O–H groups in total. The lowest BCUT2D eigenvalue weighted by molar-refractivity contribution is 0.127. The van der Waals surface area contributed by atoms with E-state index in [0.717, 1.165) is 25.9 Å². The van der Waals surface area contributed by atoms with Gasteiger partial charge in [-0.2, -0.15) is 0 Å². The molecule has 0 saturated heterocycles. The molecule has 0 fully saturated rings. The monoisotopic (exact) mass is 286 g/mol. The van der Waals surface area contributed by atoms with Crippen LogP contribution in [0.5, 0.6) is 0 Å². The first-order valence-electron chi connectivity index (χ1n) is 8.03. The van der Waals surface area contributed by atoms with Gasteiger partial charge in [0.25, 0.3) is 0 Å². The Hall–Kier alpha value is -0.123. The molecule has 0 radical (unpaired) electrons. The van der Waals surface area contributed by atoms with Crippen LogP contribution < -0.4 is 0 Å². The van der Waals surface area contributed by atoms with Gasteiger partial charge in [0, 0.05) is 12.7 Å². The molecular weight excluding hydrogens is 252 g/mol. The molecule has 0 aromatic rings. The second kappa shape index (κ2) is 11.7. The lowest BCUT2D eigenvalue weighted by Gasteiger charge is -2.27. The van der Waals surface area contributed by atoms with Crippen LogP contribution in [0.15, 0.2) is 12.3 Å². The predicted octanol–water partition coefficient (Wildman–Crippen LogP) is 5.37. The molecule has 0 aromatic carbocycles. The van der Waals surface area contributed by atoms with Crippen molar-refractivity contribution in [3.05, 3.63) is 12.3 Å². The predicted molar refractivity (Wildman–Crippen MR) is 86.6 cm³/mol. The van der Waals surface area contributed by atoms with Crippen LogP contribution in [-0.2, 0) is 8.85 Å². The molecule has 19 heavy (non-hydrogen) atoms. The van der Waals surface area contributed by atoms with Crippen LogP contribution in [0, 0.1) is 0 Å². The van der Waals surface area contributed by atoms with Gasteiger partial charge in [0.1, 0.15) is 0 Å². The standard InChI is InChI=1S/C16H34O2Si/c1-6-9-10-11-12-13-15-17-19(5,8-3)18-16(4)14-7-2/h8,16H,3,6-7,9-15H2,1-2,4-5H3. The third-order valence-corrected chi connectivity index (χ3v) is 5.78. The molecule has 0 bridgehead atoms. The van der Waals surface area contributed by atoms with E-state index in [9.17, 15) is 0 Å². The molecule has 0 aromatic heterocycles. The third kappa shape index (κ3) is 10.3. The molecule has 114 valence electrons. The van der Waals surface area contributed by atoms with E-state index in [1.54, 1.807) is 0 Å². The normalized spacial score (nSPS) is 16.0. The molecular formula is C16H34O2Si. The molecule has 0 spiro atoms. The van der Waals surface area contributed by atoms with Crippen molar-refractivity contribution in [2.45, 2.75) is 84.8 Å². The summed E-state index contributed by atoms with van der Waals surface area (Å²) in [4.78, 5) is 0. The average molecular weight is 287 g/mol. The minimum atomic E-state index is -2.14. The first-order valence-corrected chi connectivity index (χ1v) is 10.4. The molecule has 0 aliphatic heterocycles. The molecule has 2 atom stereocenters. The Bertz CT molecular complexity index is 221. The Labute approximate surface area is 121 Å². The number of hydrogen-bond acceptors (Lipinski definition) is 2. The maximum absolute atomic E-state index is 6.07. The van der Waals surface area contributed by atoms with Crippen LogP contribution in [0.4, 0.5) is 0 Å². The molecule has 0 saturated carbocycles. The quantitative estimate of drug-likeness (QED) is 0.335. The zero-order valence-electron chi connectivity index (χ0n) is 13.5. The van der Waals surface area contributed by atoms with E-state index in [1.165, 1.54) is 32.1 Å². The molecule has 0 aliphatic rings. The molecule has 2 unspecified atom stereocenters. The van der Waals surface area contributed by atoms with Crippen molar-refractivity contribution in [1.82, 2.24) is 0 Å². The molecule has 3 heteroatoms. The Morgan fingerprint density at radius 1 is 1.05 bits per heavy atom. The molecule has 0 heterocycles. The average Bonchev–Trinajstić information content (AvgIpc) is 2.38. The van der Waals surface area contributed by atoms with Crippen molar-refractivity contribution in [3.8, 4) is 0 Å². The highest BCUT2D eigenvalue weighted by molar-refractivity contribution is 6.71. The van der Waals surface area contributed by atoms with Gasteiger partial charge in [0.15, 0.2) is 0 Å². The van der Waals surface area contributed by atoms with Gasteiger partial charge in [-0.25, -0.2) is 0 Å². The minimum absolute atomic E-state index is 0.282. The summed E-state index contributed by atoms with van der Waals surface area (Å²) in [6.07, 6.45) is 10.3. The number of rotatable bonds is 13. The summed E-state index contributed by atoms with van der Waals surface area (Å²) >= 11 is 0. The van der Waals surface area contributed by atoms with Gasteiger partial charge in [-0.05, 0) is 32.0 Å². The van der Waals surface area contributed by atoms with Gasteiger partial charge in [0.05, 0.1) is 0 Å². The van der Waals surface area contributed by atoms with E-state index in [2.05, 4.69) is 33.9 Å². The Morgan fingerprint density at radius 3 is 2.26 bits per heavy atom. The molecule has 0 aliphatic carbocycles. The summed E-state index contributed by atoms with van der Waals surface area (Å²) in [5.41, 5.74) is 1.91. The first kappa shape index (κ1) is 18.9. The van der Waals surface area contributed by atoms with E-state index in [4.69, 9.17) is 8.85 Å². The van der Waals surface area contributed by atoms with Gasteiger partial charge >= 0.3 is 8.56 Å². The van der Waals surface area contributed by atoms with Gasteiger partial charge in [-0.15, -0.1) is 6.58 Å². The van der Waals surface area contributed by atoms with Crippen molar-refractivity contribution in [1.29, 1.82) is 0 Å². The smallest absolute Gasteiger partial charge is 0.361 e. The van der Waals surface area contributed by atoms with Crippen LogP contribution >= 0.6 is 0 Å². The van der Waals surface area contributed by atoms with Gasteiger partial charge in [-0.3, -0.25) is 0 Å². The van der Waals surface area contributed by atoms with Gasteiger partial charge in [0.2, 0.25) is 0 Å². The highest BCUT2D eigenvalue weighted by Crippen LogP contribution is 2.15. The van der Waals surface area contributed by atoms with E-state index >= 15 is 0 Å². The van der Waals surface area contributed by atoms with E-state index < -0.39 is 8.56 Å². The lowest BCUT2D eigenvalue weighted by atomic mass is 10.1. The summed E-state index contributed by atoms with van der Waals surface area (Å²) in [7, 11) is -2.14. The Balaban J connectivity index is 3.75. The maximum atomic E-state index is 6.07. The summed E-state index contributed by atoms with van der Waals surface area (Å²) in [6.45, 7) is 13.4. The van der Waals surface area contributed by atoms with Crippen LogP contribution in [0.1, 0.15) is 72.1 Å². The first-order chi connectivity index (χ1) is 9.08. The van der Waals surface area contributed by atoms with Crippen molar-refractivity contribution in [3.63, 3.8) is 0 Å². The van der Waals surface area contributed by atoms with Crippen LogP contribution in [-0.4, -0.2) is 21.3 Å². The zero-order chi connectivity index (χ0) is 14.6. The molecule has 0 amide bonds. The fourth-order valence-corrected chi connectivity index (χ4v) is 3.91. The highest BCUT2D eigenvalue weighted by Gasteiger charge is 2.29. The SMILES string of the molecule is C=C[Si](C)(OCCCCCCCC)OC(C)CCC. The maximum Gasteiger partial charge on any atom is 0.361 e. The summed E-state index contributed by atoms with van der Waals surface area (Å²) in [5.74, 6) is 0. The van der Waals surface area contributed by atoms with E-state index in [0.29, 0.717) is 0 Å². The summed E-state index contributed by atoms with van der Waals surface area (Å²) < 4.78 is 12.1. The minimum Gasteiger partial charge on any atom is -0.391 e. The lowest BCUT2D eigenvalue weighted by Crippen LogP contribution is -2.40. The highest BCUT2D eigenvalue weighted by atomic mass is 28.4. The molecule has 2 nitrogen and oxygen atoms in total. The van der Waals surface area contributed by atoms with Gasteiger partial charge in [-0.1, -0.05) is 52.4 Å². The van der Waals surface area contributed by atoms with Crippen molar-refractivity contribution < 1.29 is 8.85 Å². The fraction of sp³-hybridized carbons (Fsp3) is 0.875. The Morgan fingerprint density at radius 2 is 1.68 bits per heavy atom. The third-order valence-electron chi connectivity index (χ3n) is 3.39. The summed E-state index contributed by atoms with van der Waals surface area (Å²) in [6, 6.07) is 0. The van der Waals surface area contributed by atoms with Crippen molar-refractivity contribution in [2.75, 3.05) is 6.61 Å². The van der Waals surface area contributed by atoms with E-state index in [1.807, 2.05) is 5.70 Å². The second-order valence-corrected chi connectivity index (χ2v) is 8.52. The Kier molecular flexibility index (Phi) is 11.6. The molecule has 0 rings (SSSR count). The number of hydrogen-bond donors (Lipinski definition) is 0. The summed E-state index contributed by atoms with van der Waals surface area (Å²) in [5, 5.41) is 0. The van der Waals surface area contributed by atoms with Gasteiger partial charge < -0.3 is 8.85 Å². The van der Waals surface area contributed by atoms with Crippen molar-refractivity contribution in [2.24, 2.45) is 0 Å². The van der Waals surface area contributed by atoms with Crippen LogP contribution in [0.2, 0.25) is 6.55 Å². The number of unbranched alkanes of at least 4 members (excludes halogenated alkanes) is 5. The second-order valence-electron chi connectivity index (χ2n) is 5.55. The van der Waals surface area contributed by atoms with Crippen molar-refractivity contribution >= 4 is 8.56 Å². The largest absolute Gasteiger partial charge is 0.391 e. The fourth-order valence-electron chi connectivity index (χ4n) is 2.16.